The first-order valence-electron chi connectivity index (χ1n) is 9.48. The number of rotatable bonds is 5. The smallest absolute Gasteiger partial charge is 0.272 e. The Balaban J connectivity index is 1.40. The van der Waals surface area contributed by atoms with E-state index in [4.69, 9.17) is 14.7 Å². The molecule has 1 aliphatic heterocycles. The largest absolute Gasteiger partial charge is 0.493 e. The minimum atomic E-state index is -0.0813. The molecule has 3 heterocycles. The number of carbonyl (C=O) groups excluding carboxylic acids is 1. The van der Waals surface area contributed by atoms with Crippen molar-refractivity contribution in [2.45, 2.75) is 12.8 Å². The minimum absolute atomic E-state index is 0.0813. The van der Waals surface area contributed by atoms with Crippen molar-refractivity contribution in [2.75, 3.05) is 26.8 Å². The molecule has 1 fully saturated rings. The first-order valence-corrected chi connectivity index (χ1v) is 9.48. The number of nitrogens with zero attached hydrogens (tertiary/aromatic N) is 4. The molecule has 1 N–H and O–H groups in total. The van der Waals surface area contributed by atoms with Crippen LogP contribution in [0.5, 0.6) is 11.5 Å². The molecule has 0 saturated carbocycles. The van der Waals surface area contributed by atoms with Crippen LogP contribution in [-0.4, -0.2) is 52.8 Å². The van der Waals surface area contributed by atoms with E-state index < -0.39 is 0 Å². The van der Waals surface area contributed by atoms with Gasteiger partial charge in [0.05, 0.1) is 31.5 Å². The van der Waals surface area contributed by atoms with E-state index in [-0.39, 0.29) is 11.8 Å². The zero-order valence-electron chi connectivity index (χ0n) is 16.1. The third-order valence-corrected chi connectivity index (χ3v) is 5.09. The van der Waals surface area contributed by atoms with E-state index in [1.807, 2.05) is 11.0 Å². The summed E-state index contributed by atoms with van der Waals surface area (Å²) >= 11 is 0. The number of pyridine rings is 1. The van der Waals surface area contributed by atoms with Gasteiger partial charge in [-0.2, -0.15) is 10.4 Å². The van der Waals surface area contributed by atoms with Crippen LogP contribution < -0.4 is 9.47 Å². The molecule has 1 saturated heterocycles. The van der Waals surface area contributed by atoms with Gasteiger partial charge >= 0.3 is 0 Å². The number of hydrogen-bond acceptors (Lipinski definition) is 6. The van der Waals surface area contributed by atoms with Gasteiger partial charge in [0.15, 0.2) is 17.1 Å². The molecule has 0 aliphatic carbocycles. The van der Waals surface area contributed by atoms with Crippen molar-refractivity contribution < 1.29 is 14.3 Å². The number of ether oxygens (including phenoxy) is 2. The summed E-state index contributed by atoms with van der Waals surface area (Å²) in [5.41, 5.74) is 1.54. The van der Waals surface area contributed by atoms with Crippen LogP contribution in [0.4, 0.5) is 0 Å². The summed E-state index contributed by atoms with van der Waals surface area (Å²) in [5, 5.41) is 16.6. The molecule has 8 nitrogen and oxygen atoms in total. The second-order valence-corrected chi connectivity index (χ2v) is 7.05. The Hall–Kier alpha value is -3.60. The number of aromatic nitrogens is 3. The van der Waals surface area contributed by atoms with Crippen LogP contribution in [0.1, 0.15) is 28.9 Å². The fourth-order valence-corrected chi connectivity index (χ4v) is 3.56. The topological polar surface area (TPSA) is 104 Å². The summed E-state index contributed by atoms with van der Waals surface area (Å²) in [6.45, 7) is 1.79. The number of aromatic amines is 1. The molecule has 1 aromatic carbocycles. The number of piperidine rings is 1. The highest BCUT2D eigenvalue weighted by atomic mass is 16.5. The molecule has 4 rings (SSSR count). The molecule has 3 aromatic rings. The Labute approximate surface area is 168 Å². The van der Waals surface area contributed by atoms with E-state index in [1.165, 1.54) is 0 Å². The summed E-state index contributed by atoms with van der Waals surface area (Å²) < 4.78 is 11.3. The number of H-pyrrole nitrogens is 1. The van der Waals surface area contributed by atoms with Crippen molar-refractivity contribution >= 4 is 16.9 Å². The highest BCUT2D eigenvalue weighted by Gasteiger charge is 2.26. The number of methoxy groups -OCH3 is 1. The Morgan fingerprint density at radius 2 is 2.24 bits per heavy atom. The van der Waals surface area contributed by atoms with Crippen molar-refractivity contribution in [3.8, 4) is 17.6 Å². The highest BCUT2D eigenvalue weighted by molar-refractivity contribution is 5.94. The Bertz CT molecular complexity index is 1070. The average molecular weight is 391 g/mol. The van der Waals surface area contributed by atoms with Gasteiger partial charge in [-0.15, -0.1) is 0 Å². The predicted octanol–water partition coefficient (Wildman–Crippen LogP) is 2.77. The van der Waals surface area contributed by atoms with Gasteiger partial charge in [-0.3, -0.25) is 9.89 Å². The van der Waals surface area contributed by atoms with Gasteiger partial charge in [0.1, 0.15) is 5.69 Å². The van der Waals surface area contributed by atoms with E-state index in [1.54, 1.807) is 37.6 Å². The van der Waals surface area contributed by atoms with E-state index in [0.717, 1.165) is 18.2 Å². The molecular weight excluding hydrogens is 370 g/mol. The van der Waals surface area contributed by atoms with Gasteiger partial charge in [0.2, 0.25) is 0 Å². The summed E-state index contributed by atoms with van der Waals surface area (Å²) in [6.07, 6.45) is 3.58. The number of likely N-dealkylation sites (tertiary alicyclic amines) is 1. The molecule has 1 aliphatic rings. The van der Waals surface area contributed by atoms with Gasteiger partial charge < -0.3 is 14.4 Å². The van der Waals surface area contributed by atoms with Gasteiger partial charge in [-0.1, -0.05) is 0 Å². The fraction of sp³-hybridized carbons (Fsp3) is 0.333. The highest BCUT2D eigenvalue weighted by Crippen LogP contribution is 2.29. The SMILES string of the molecule is COc1cc(C#N)ccc1OCC1CCCN(C(=O)c2ccc3cn[nH]c3n2)C1. The normalized spacial score (nSPS) is 16.4. The second-order valence-electron chi connectivity index (χ2n) is 7.05. The maximum atomic E-state index is 12.9. The van der Waals surface area contributed by atoms with Crippen molar-refractivity contribution in [2.24, 2.45) is 5.92 Å². The maximum Gasteiger partial charge on any atom is 0.272 e. The molecule has 0 spiro atoms. The van der Waals surface area contributed by atoms with Gasteiger partial charge in [0.25, 0.3) is 5.91 Å². The molecule has 2 aromatic heterocycles. The molecule has 1 amide bonds. The van der Waals surface area contributed by atoms with E-state index in [2.05, 4.69) is 21.3 Å². The molecular formula is C21H21N5O3. The lowest BCUT2D eigenvalue weighted by Gasteiger charge is -2.32. The zero-order chi connectivity index (χ0) is 20.2. The van der Waals surface area contributed by atoms with Crippen LogP contribution in [0.25, 0.3) is 11.0 Å². The molecule has 1 atom stereocenters. The van der Waals surface area contributed by atoms with E-state index in [9.17, 15) is 4.79 Å². The van der Waals surface area contributed by atoms with Crippen LogP contribution in [0.15, 0.2) is 36.5 Å². The number of benzene rings is 1. The zero-order valence-corrected chi connectivity index (χ0v) is 16.1. The van der Waals surface area contributed by atoms with E-state index in [0.29, 0.717) is 48.1 Å². The Morgan fingerprint density at radius 3 is 3.07 bits per heavy atom. The van der Waals surface area contributed by atoms with Crippen molar-refractivity contribution in [3.05, 3.63) is 47.8 Å². The predicted molar refractivity (Wildman–Crippen MR) is 106 cm³/mol. The van der Waals surface area contributed by atoms with Crippen molar-refractivity contribution in [3.63, 3.8) is 0 Å². The van der Waals surface area contributed by atoms with Gasteiger partial charge in [-0.05, 0) is 37.1 Å². The first kappa shape index (κ1) is 18.7. The van der Waals surface area contributed by atoms with Gasteiger partial charge in [-0.25, -0.2) is 4.98 Å². The Morgan fingerprint density at radius 1 is 1.34 bits per heavy atom. The van der Waals surface area contributed by atoms with Crippen molar-refractivity contribution in [1.82, 2.24) is 20.1 Å². The van der Waals surface area contributed by atoms with Crippen LogP contribution in [0, 0.1) is 17.2 Å². The number of carbonyl (C=O) groups is 1. The molecule has 1 unspecified atom stereocenters. The first-order chi connectivity index (χ1) is 14.2. The average Bonchev–Trinajstić information content (AvgIpc) is 3.25. The van der Waals surface area contributed by atoms with Crippen molar-refractivity contribution in [1.29, 1.82) is 5.26 Å². The number of nitriles is 1. The minimum Gasteiger partial charge on any atom is -0.493 e. The lowest BCUT2D eigenvalue weighted by atomic mass is 9.98. The lowest BCUT2D eigenvalue weighted by molar-refractivity contribution is 0.0626. The summed E-state index contributed by atoms with van der Waals surface area (Å²) in [6, 6.07) is 10.8. The van der Waals surface area contributed by atoms with E-state index >= 15 is 0 Å². The van der Waals surface area contributed by atoms with Crippen LogP contribution in [-0.2, 0) is 0 Å². The number of amides is 1. The molecule has 29 heavy (non-hydrogen) atoms. The lowest BCUT2D eigenvalue weighted by Crippen LogP contribution is -2.41. The maximum absolute atomic E-state index is 12.9. The molecule has 0 bridgehead atoms. The summed E-state index contributed by atoms with van der Waals surface area (Å²) in [4.78, 5) is 19.1. The van der Waals surface area contributed by atoms with Crippen LogP contribution in [0.2, 0.25) is 0 Å². The number of fused-ring (bicyclic) bond motifs is 1. The molecule has 8 heteroatoms. The monoisotopic (exact) mass is 391 g/mol. The molecule has 0 radical (unpaired) electrons. The third-order valence-electron chi connectivity index (χ3n) is 5.09. The fourth-order valence-electron chi connectivity index (χ4n) is 3.56. The molecule has 148 valence electrons. The standard InChI is InChI=1S/C21H21N5O3/c1-28-19-9-14(10-22)4-7-18(19)29-13-15-3-2-8-26(12-15)21(27)17-6-5-16-11-23-25-20(16)24-17/h4-7,9,11,15H,2-3,8,12-13H2,1H3,(H,23,24,25). The number of nitrogens with one attached hydrogen (secondary N) is 1. The number of hydrogen-bond donors (Lipinski definition) is 1. The van der Waals surface area contributed by atoms with Crippen LogP contribution >= 0.6 is 0 Å². The third kappa shape index (κ3) is 3.99. The summed E-state index contributed by atoms with van der Waals surface area (Å²) in [5.74, 6) is 1.26. The quantitative estimate of drug-likeness (QED) is 0.717. The Kier molecular flexibility index (Phi) is 5.29. The van der Waals surface area contributed by atoms with Gasteiger partial charge in [0, 0.05) is 30.5 Å². The van der Waals surface area contributed by atoms with Crippen LogP contribution in [0.3, 0.4) is 0 Å². The summed E-state index contributed by atoms with van der Waals surface area (Å²) in [7, 11) is 1.55. The second kappa shape index (κ2) is 8.19.